The Morgan fingerprint density at radius 1 is 1.18 bits per heavy atom. The number of aliphatic hydroxyl groups is 1. The highest BCUT2D eigenvalue weighted by Gasteiger charge is 2.31. The average Bonchev–Trinajstić information content (AvgIpc) is 3.25. The molecular weight excluding hydrogens is 358 g/mol. The third-order valence-electron chi connectivity index (χ3n) is 5.84. The van der Waals surface area contributed by atoms with E-state index < -0.39 is 0 Å². The van der Waals surface area contributed by atoms with Crippen molar-refractivity contribution < 1.29 is 9.90 Å². The maximum Gasteiger partial charge on any atom is 0.321 e. The number of piperazine rings is 1. The molecule has 4 rings (SSSR count). The molecule has 2 aliphatic rings. The lowest BCUT2D eigenvalue weighted by atomic mass is 9.91. The predicted octanol–water partition coefficient (Wildman–Crippen LogP) is 1.42. The summed E-state index contributed by atoms with van der Waals surface area (Å²) in [5, 5.41) is 24.5. The number of hydrogen-bond acceptors (Lipinski definition) is 6. The monoisotopic (exact) mass is 385 g/mol. The lowest BCUT2D eigenvalue weighted by Gasteiger charge is -2.42. The molecule has 1 aromatic carbocycles. The normalized spacial score (nSPS) is 23.6. The van der Waals surface area contributed by atoms with Gasteiger partial charge in [-0.05, 0) is 47.9 Å². The van der Waals surface area contributed by atoms with Crippen LogP contribution in [-0.2, 0) is 0 Å². The van der Waals surface area contributed by atoms with Crippen LogP contribution >= 0.6 is 0 Å². The molecule has 2 heterocycles. The minimum absolute atomic E-state index is 0.0965. The van der Waals surface area contributed by atoms with E-state index in [0.717, 1.165) is 49.3 Å². The van der Waals surface area contributed by atoms with Crippen molar-refractivity contribution in [2.75, 3.05) is 31.5 Å². The molecule has 0 bridgehead atoms. The summed E-state index contributed by atoms with van der Waals surface area (Å²) in [6, 6.07) is 5.87. The molecule has 1 aromatic heterocycles. The van der Waals surface area contributed by atoms with Gasteiger partial charge in [0.25, 0.3) is 0 Å². The second-order valence-corrected chi connectivity index (χ2v) is 7.63. The highest BCUT2D eigenvalue weighted by molar-refractivity contribution is 5.90. The first kappa shape index (κ1) is 18.8. The fourth-order valence-electron chi connectivity index (χ4n) is 4.14. The Balaban J connectivity index is 1.36. The van der Waals surface area contributed by atoms with E-state index in [9.17, 15) is 9.90 Å². The van der Waals surface area contributed by atoms with E-state index in [1.807, 2.05) is 30.0 Å². The molecule has 0 spiro atoms. The van der Waals surface area contributed by atoms with Gasteiger partial charge >= 0.3 is 6.03 Å². The summed E-state index contributed by atoms with van der Waals surface area (Å²) >= 11 is 0. The summed E-state index contributed by atoms with van der Waals surface area (Å²) in [7, 11) is 0. The Bertz CT molecular complexity index is 803. The number of aromatic nitrogens is 4. The van der Waals surface area contributed by atoms with E-state index in [0.29, 0.717) is 13.1 Å². The fourth-order valence-corrected chi connectivity index (χ4v) is 4.14. The van der Waals surface area contributed by atoms with E-state index in [2.05, 4.69) is 25.7 Å². The van der Waals surface area contributed by atoms with Crippen LogP contribution in [0, 0.1) is 6.92 Å². The number of rotatable bonds is 3. The zero-order valence-corrected chi connectivity index (χ0v) is 16.2. The Kier molecular flexibility index (Phi) is 5.54. The first-order valence-electron chi connectivity index (χ1n) is 9.94. The maximum absolute atomic E-state index is 12.8. The minimum Gasteiger partial charge on any atom is -0.391 e. The number of urea groups is 1. The summed E-state index contributed by atoms with van der Waals surface area (Å²) in [6.45, 7) is 4.90. The minimum atomic E-state index is -0.231. The molecule has 2 aromatic rings. The SMILES string of the molecule is Cc1ccc(-n2cnnn2)cc1NC(=O)N1CCN([C@H]2CCCC[C@@H]2O)CC1. The van der Waals surface area contributed by atoms with E-state index in [4.69, 9.17) is 0 Å². The number of benzene rings is 1. The van der Waals surface area contributed by atoms with Crippen LogP contribution in [0.25, 0.3) is 5.69 Å². The standard InChI is InChI=1S/C19H27N7O2/c1-14-6-7-15(26-13-20-22-23-26)12-16(14)21-19(28)25-10-8-24(9-11-25)17-4-2-3-5-18(17)27/h6-7,12-13,17-18,27H,2-5,8-11H2,1H3,(H,21,28)/t17-,18-/m0/s1. The summed E-state index contributed by atoms with van der Waals surface area (Å²) < 4.78 is 1.56. The number of amides is 2. The summed E-state index contributed by atoms with van der Waals surface area (Å²) in [5.74, 6) is 0. The molecule has 9 nitrogen and oxygen atoms in total. The number of carbonyl (C=O) groups excluding carboxylic acids is 1. The van der Waals surface area contributed by atoms with Gasteiger partial charge in [-0.2, -0.15) is 0 Å². The van der Waals surface area contributed by atoms with Crippen molar-refractivity contribution in [3.63, 3.8) is 0 Å². The molecule has 2 atom stereocenters. The largest absolute Gasteiger partial charge is 0.391 e. The van der Waals surface area contributed by atoms with Crippen molar-refractivity contribution in [2.24, 2.45) is 0 Å². The summed E-state index contributed by atoms with van der Waals surface area (Å²) in [4.78, 5) is 17.0. The number of carbonyl (C=O) groups is 1. The molecule has 2 N–H and O–H groups in total. The van der Waals surface area contributed by atoms with Gasteiger partial charge in [-0.25, -0.2) is 9.48 Å². The Morgan fingerprint density at radius 2 is 1.96 bits per heavy atom. The molecule has 2 amide bonds. The predicted molar refractivity (Wildman–Crippen MR) is 104 cm³/mol. The van der Waals surface area contributed by atoms with E-state index in [1.54, 1.807) is 4.68 Å². The Hall–Kier alpha value is -2.52. The molecule has 1 aliphatic heterocycles. The lowest BCUT2D eigenvalue weighted by Crippen LogP contribution is -2.56. The van der Waals surface area contributed by atoms with Crippen molar-refractivity contribution in [3.8, 4) is 5.69 Å². The van der Waals surface area contributed by atoms with Crippen molar-refractivity contribution in [3.05, 3.63) is 30.1 Å². The van der Waals surface area contributed by atoms with Crippen LogP contribution in [0.5, 0.6) is 0 Å². The summed E-state index contributed by atoms with van der Waals surface area (Å²) in [6.07, 6.45) is 5.53. The van der Waals surface area contributed by atoms with Gasteiger partial charge in [0.2, 0.25) is 0 Å². The molecular formula is C19H27N7O2. The van der Waals surface area contributed by atoms with Crippen molar-refractivity contribution in [1.82, 2.24) is 30.0 Å². The first-order valence-corrected chi connectivity index (χ1v) is 9.94. The second-order valence-electron chi connectivity index (χ2n) is 7.63. The molecule has 1 saturated heterocycles. The number of tetrazole rings is 1. The van der Waals surface area contributed by atoms with E-state index in [-0.39, 0.29) is 18.2 Å². The second kappa shape index (κ2) is 8.24. The molecule has 28 heavy (non-hydrogen) atoms. The van der Waals surface area contributed by atoms with Crippen molar-refractivity contribution >= 4 is 11.7 Å². The quantitative estimate of drug-likeness (QED) is 0.829. The van der Waals surface area contributed by atoms with Gasteiger partial charge in [0.05, 0.1) is 11.8 Å². The van der Waals surface area contributed by atoms with E-state index in [1.165, 1.54) is 12.7 Å². The van der Waals surface area contributed by atoms with Gasteiger partial charge in [0.15, 0.2) is 0 Å². The van der Waals surface area contributed by atoms with Crippen LogP contribution in [0.3, 0.4) is 0 Å². The zero-order chi connectivity index (χ0) is 19.5. The molecule has 1 saturated carbocycles. The van der Waals surface area contributed by atoms with Crippen LogP contribution in [0.4, 0.5) is 10.5 Å². The fraction of sp³-hybridized carbons (Fsp3) is 0.579. The molecule has 150 valence electrons. The average molecular weight is 385 g/mol. The van der Waals surface area contributed by atoms with Crippen LogP contribution in [0.1, 0.15) is 31.2 Å². The highest BCUT2D eigenvalue weighted by Crippen LogP contribution is 2.25. The number of hydrogen-bond donors (Lipinski definition) is 2. The van der Waals surface area contributed by atoms with Crippen molar-refractivity contribution in [2.45, 2.75) is 44.8 Å². The van der Waals surface area contributed by atoms with Gasteiger partial charge < -0.3 is 15.3 Å². The van der Waals surface area contributed by atoms with Gasteiger partial charge in [-0.1, -0.05) is 18.9 Å². The smallest absolute Gasteiger partial charge is 0.321 e. The number of anilines is 1. The summed E-state index contributed by atoms with van der Waals surface area (Å²) in [5.41, 5.74) is 2.53. The van der Waals surface area contributed by atoms with Crippen molar-refractivity contribution in [1.29, 1.82) is 0 Å². The molecule has 0 unspecified atom stereocenters. The third-order valence-corrected chi connectivity index (χ3v) is 5.84. The molecule has 2 fully saturated rings. The lowest BCUT2D eigenvalue weighted by molar-refractivity contribution is 0.00275. The first-order chi connectivity index (χ1) is 13.6. The topological polar surface area (TPSA) is 99.4 Å². The van der Waals surface area contributed by atoms with Crippen LogP contribution in [-0.4, -0.2) is 79.5 Å². The van der Waals surface area contributed by atoms with E-state index >= 15 is 0 Å². The maximum atomic E-state index is 12.8. The van der Waals surface area contributed by atoms with Gasteiger partial charge in [0.1, 0.15) is 6.33 Å². The molecule has 0 radical (unpaired) electrons. The van der Waals surface area contributed by atoms with Gasteiger partial charge in [-0.3, -0.25) is 4.90 Å². The van der Waals surface area contributed by atoms with Crippen LogP contribution in [0.2, 0.25) is 0 Å². The molecule has 1 aliphatic carbocycles. The number of nitrogens with zero attached hydrogens (tertiary/aromatic N) is 6. The van der Waals surface area contributed by atoms with Gasteiger partial charge in [-0.15, -0.1) is 5.10 Å². The van der Waals surface area contributed by atoms with Crippen LogP contribution < -0.4 is 5.32 Å². The van der Waals surface area contributed by atoms with Crippen LogP contribution in [0.15, 0.2) is 24.5 Å². The highest BCUT2D eigenvalue weighted by atomic mass is 16.3. The Labute approximate surface area is 164 Å². The number of aryl methyl sites for hydroxylation is 1. The molecule has 9 heteroatoms. The Morgan fingerprint density at radius 3 is 2.68 bits per heavy atom. The number of nitrogens with one attached hydrogen (secondary N) is 1. The third kappa shape index (κ3) is 4.00. The van der Waals surface area contributed by atoms with Gasteiger partial charge in [0, 0.05) is 37.9 Å². The number of aliphatic hydroxyl groups excluding tert-OH is 1. The zero-order valence-electron chi connectivity index (χ0n) is 16.2.